The van der Waals surface area contributed by atoms with Crippen LogP contribution < -0.4 is 11.1 Å². The highest BCUT2D eigenvalue weighted by Crippen LogP contribution is 2.10. The lowest BCUT2D eigenvalue weighted by Gasteiger charge is -2.10. The summed E-state index contributed by atoms with van der Waals surface area (Å²) in [5.74, 6) is -0.133. The summed E-state index contributed by atoms with van der Waals surface area (Å²) in [4.78, 5) is 11.8. The van der Waals surface area contributed by atoms with Crippen molar-refractivity contribution < 1.29 is 4.79 Å². The Kier molecular flexibility index (Phi) is 3.24. The van der Waals surface area contributed by atoms with Crippen LogP contribution in [0.15, 0.2) is 6.20 Å². The largest absolute Gasteiger partial charge is 0.396 e. The molecule has 0 aliphatic carbocycles. The van der Waals surface area contributed by atoms with E-state index >= 15 is 0 Å². The maximum absolute atomic E-state index is 11.8. The van der Waals surface area contributed by atoms with Gasteiger partial charge in [-0.15, -0.1) is 0 Å². The van der Waals surface area contributed by atoms with Crippen molar-refractivity contribution in [2.75, 3.05) is 19.3 Å². The Bertz CT molecular complexity index is 332. The number of nitrogens with zero attached hydrogens (tertiary/aromatic N) is 2. The van der Waals surface area contributed by atoms with Crippen LogP contribution in [0.2, 0.25) is 0 Å². The number of hydrogen-bond acceptors (Lipinski definition) is 4. The van der Waals surface area contributed by atoms with Crippen LogP contribution in [0.1, 0.15) is 17.4 Å². The van der Waals surface area contributed by atoms with Gasteiger partial charge in [0.15, 0.2) is 0 Å². The Morgan fingerprint density at radius 3 is 2.86 bits per heavy atom. The van der Waals surface area contributed by atoms with Gasteiger partial charge in [-0.2, -0.15) is 5.10 Å². The summed E-state index contributed by atoms with van der Waals surface area (Å²) in [5, 5.41) is 6.88. The molecule has 0 saturated carbocycles. The van der Waals surface area contributed by atoms with Crippen molar-refractivity contribution in [2.24, 2.45) is 5.92 Å². The second-order valence-corrected chi connectivity index (χ2v) is 3.39. The molecule has 5 nitrogen and oxygen atoms in total. The molecule has 3 N–H and O–H groups in total. The van der Waals surface area contributed by atoms with Crippen molar-refractivity contribution >= 4 is 11.6 Å². The van der Waals surface area contributed by atoms with Gasteiger partial charge in [0.25, 0.3) is 5.91 Å². The third-order valence-corrected chi connectivity index (χ3v) is 2.19. The second kappa shape index (κ2) is 4.23. The lowest BCUT2D eigenvalue weighted by molar-refractivity contribution is 0.0826. The van der Waals surface area contributed by atoms with Crippen molar-refractivity contribution in [3.63, 3.8) is 0 Å². The molecule has 0 amide bonds. The van der Waals surface area contributed by atoms with E-state index in [-0.39, 0.29) is 11.8 Å². The molecule has 1 heterocycles. The van der Waals surface area contributed by atoms with Gasteiger partial charge in [-0.3, -0.25) is 4.79 Å². The minimum absolute atomic E-state index is 0.0337. The van der Waals surface area contributed by atoms with Crippen molar-refractivity contribution in [3.8, 4) is 0 Å². The lowest BCUT2D eigenvalue weighted by atomic mass is 10.1. The van der Waals surface area contributed by atoms with Crippen molar-refractivity contribution in [1.82, 2.24) is 15.1 Å². The van der Waals surface area contributed by atoms with E-state index in [0.717, 1.165) is 0 Å². The number of anilines is 1. The molecule has 0 aliphatic heterocycles. The quantitative estimate of drug-likeness (QED) is 0.727. The van der Waals surface area contributed by atoms with E-state index in [2.05, 4.69) is 10.4 Å². The number of hydrogen-bond donors (Lipinski definition) is 2. The third kappa shape index (κ3) is 1.93. The standard InChI is InChI=1S/C9H16N4O/c1-6(4-11-3)9(14)13-7(2)8(10)5-12-13/h5-6,11H,4,10H2,1-3H3. The number of rotatable bonds is 3. The fourth-order valence-corrected chi connectivity index (χ4v) is 1.25. The van der Waals surface area contributed by atoms with Gasteiger partial charge in [-0.1, -0.05) is 6.92 Å². The SMILES string of the molecule is CNCC(C)C(=O)n1ncc(N)c1C. The molecule has 0 spiro atoms. The Labute approximate surface area is 83.3 Å². The van der Waals surface area contributed by atoms with E-state index in [1.807, 2.05) is 14.0 Å². The molecule has 1 atom stereocenters. The Morgan fingerprint density at radius 1 is 1.79 bits per heavy atom. The van der Waals surface area contributed by atoms with E-state index in [9.17, 15) is 4.79 Å². The summed E-state index contributed by atoms with van der Waals surface area (Å²) < 4.78 is 1.36. The van der Waals surface area contributed by atoms with Crippen LogP contribution in [0.4, 0.5) is 5.69 Å². The van der Waals surface area contributed by atoms with Gasteiger partial charge in [0.1, 0.15) is 0 Å². The molecule has 0 radical (unpaired) electrons. The van der Waals surface area contributed by atoms with E-state index in [1.165, 1.54) is 10.9 Å². The zero-order valence-electron chi connectivity index (χ0n) is 8.74. The topological polar surface area (TPSA) is 72.9 Å². The summed E-state index contributed by atoms with van der Waals surface area (Å²) >= 11 is 0. The zero-order valence-corrected chi connectivity index (χ0v) is 8.74. The highest BCUT2D eigenvalue weighted by molar-refractivity contribution is 5.82. The van der Waals surface area contributed by atoms with Gasteiger partial charge in [0, 0.05) is 12.5 Å². The second-order valence-electron chi connectivity index (χ2n) is 3.39. The van der Waals surface area contributed by atoms with Gasteiger partial charge in [0.05, 0.1) is 17.6 Å². The summed E-state index contributed by atoms with van der Waals surface area (Å²) in [6, 6.07) is 0. The van der Waals surface area contributed by atoms with Crippen LogP contribution in [-0.2, 0) is 0 Å². The molecule has 14 heavy (non-hydrogen) atoms. The lowest BCUT2D eigenvalue weighted by Crippen LogP contribution is -2.29. The predicted octanol–water partition coefficient (Wildman–Crippen LogP) is 0.269. The number of carbonyl (C=O) groups is 1. The molecular weight excluding hydrogens is 180 g/mol. The number of aromatic nitrogens is 2. The normalized spacial score (nSPS) is 12.8. The average molecular weight is 196 g/mol. The maximum Gasteiger partial charge on any atom is 0.251 e. The van der Waals surface area contributed by atoms with Crippen molar-refractivity contribution in [3.05, 3.63) is 11.9 Å². The van der Waals surface area contributed by atoms with E-state index < -0.39 is 0 Å². The van der Waals surface area contributed by atoms with Gasteiger partial charge < -0.3 is 11.1 Å². The molecule has 5 heteroatoms. The third-order valence-electron chi connectivity index (χ3n) is 2.19. The molecule has 0 aromatic carbocycles. The average Bonchev–Trinajstić information content (AvgIpc) is 2.47. The van der Waals surface area contributed by atoms with Gasteiger partial charge >= 0.3 is 0 Å². The molecule has 1 unspecified atom stereocenters. The summed E-state index contributed by atoms with van der Waals surface area (Å²) in [5.41, 5.74) is 6.86. The van der Waals surface area contributed by atoms with Crippen LogP contribution in [0.5, 0.6) is 0 Å². The van der Waals surface area contributed by atoms with Crippen LogP contribution in [-0.4, -0.2) is 29.3 Å². The first-order chi connectivity index (χ1) is 6.57. The van der Waals surface area contributed by atoms with Gasteiger partial charge in [0.2, 0.25) is 0 Å². The molecule has 1 aromatic rings. The highest BCUT2D eigenvalue weighted by Gasteiger charge is 2.17. The zero-order chi connectivity index (χ0) is 10.7. The predicted molar refractivity (Wildman–Crippen MR) is 55.1 cm³/mol. The minimum Gasteiger partial charge on any atom is -0.396 e. The Hall–Kier alpha value is -1.36. The summed E-state index contributed by atoms with van der Waals surface area (Å²) in [6.07, 6.45) is 1.50. The summed E-state index contributed by atoms with van der Waals surface area (Å²) in [7, 11) is 1.81. The van der Waals surface area contributed by atoms with E-state index in [1.54, 1.807) is 6.92 Å². The minimum atomic E-state index is -0.0991. The fraction of sp³-hybridized carbons (Fsp3) is 0.556. The molecule has 1 rings (SSSR count). The van der Waals surface area contributed by atoms with Crippen molar-refractivity contribution in [2.45, 2.75) is 13.8 Å². The first-order valence-electron chi connectivity index (χ1n) is 4.56. The number of carbonyl (C=O) groups excluding carboxylic acids is 1. The van der Waals surface area contributed by atoms with Crippen LogP contribution in [0.3, 0.4) is 0 Å². The number of nitrogens with one attached hydrogen (secondary N) is 1. The molecular formula is C9H16N4O. The molecule has 78 valence electrons. The highest BCUT2D eigenvalue weighted by atomic mass is 16.2. The van der Waals surface area contributed by atoms with Crippen molar-refractivity contribution in [1.29, 1.82) is 0 Å². The molecule has 0 saturated heterocycles. The fourth-order valence-electron chi connectivity index (χ4n) is 1.25. The Balaban J connectivity index is 2.84. The van der Waals surface area contributed by atoms with Gasteiger partial charge in [-0.05, 0) is 14.0 Å². The van der Waals surface area contributed by atoms with Crippen LogP contribution in [0.25, 0.3) is 0 Å². The number of nitrogens with two attached hydrogens (primary N) is 1. The van der Waals surface area contributed by atoms with E-state index in [0.29, 0.717) is 17.9 Å². The first kappa shape index (κ1) is 10.7. The Morgan fingerprint density at radius 2 is 2.43 bits per heavy atom. The first-order valence-corrected chi connectivity index (χ1v) is 4.56. The number of nitrogen functional groups attached to an aromatic ring is 1. The van der Waals surface area contributed by atoms with Crippen LogP contribution >= 0.6 is 0 Å². The smallest absolute Gasteiger partial charge is 0.251 e. The summed E-state index contributed by atoms with van der Waals surface area (Å²) in [6.45, 7) is 4.28. The monoisotopic (exact) mass is 196 g/mol. The molecule has 1 aromatic heterocycles. The maximum atomic E-state index is 11.8. The van der Waals surface area contributed by atoms with E-state index in [4.69, 9.17) is 5.73 Å². The molecule has 0 bridgehead atoms. The van der Waals surface area contributed by atoms with Crippen LogP contribution in [0, 0.1) is 12.8 Å². The molecule has 0 fully saturated rings. The molecule has 0 aliphatic rings. The van der Waals surface area contributed by atoms with Gasteiger partial charge in [-0.25, -0.2) is 4.68 Å².